The highest BCUT2D eigenvalue weighted by Gasteiger charge is 2.43. The molecule has 1 saturated carbocycles. The Morgan fingerprint density at radius 3 is 2.86 bits per heavy atom. The lowest BCUT2D eigenvalue weighted by atomic mass is 9.97. The first-order chi connectivity index (χ1) is 17.0. The van der Waals surface area contributed by atoms with Gasteiger partial charge < -0.3 is 10.1 Å². The Bertz CT molecular complexity index is 1520. The first-order valence-electron chi connectivity index (χ1n) is 11.9. The van der Waals surface area contributed by atoms with Gasteiger partial charge in [0, 0.05) is 23.6 Å². The van der Waals surface area contributed by atoms with Gasteiger partial charge in [0.2, 0.25) is 5.91 Å². The molecule has 7 nitrogen and oxygen atoms in total. The molecule has 0 radical (unpaired) electrons. The van der Waals surface area contributed by atoms with Crippen LogP contribution in [0, 0.1) is 30.1 Å². The van der Waals surface area contributed by atoms with Crippen molar-refractivity contribution in [3.8, 4) is 17.2 Å². The van der Waals surface area contributed by atoms with Gasteiger partial charge in [-0.2, -0.15) is 10.4 Å². The Morgan fingerprint density at radius 1 is 1.20 bits per heavy atom. The number of fused-ring (bicyclic) bond motifs is 2. The summed E-state index contributed by atoms with van der Waals surface area (Å²) < 4.78 is 7.95. The molecule has 2 fully saturated rings. The lowest BCUT2D eigenvalue weighted by Gasteiger charge is -2.23. The number of ether oxygens (including phenoxy) is 1. The number of hydrogen-bond donors (Lipinski definition) is 1. The van der Waals surface area contributed by atoms with Gasteiger partial charge in [-0.1, -0.05) is 11.6 Å². The normalized spacial score (nSPS) is 21.7. The summed E-state index contributed by atoms with van der Waals surface area (Å²) in [6, 6.07) is 12.3. The van der Waals surface area contributed by atoms with Crippen LogP contribution in [-0.2, 0) is 9.53 Å². The predicted octanol–water partition coefficient (Wildman–Crippen LogP) is 6.01. The van der Waals surface area contributed by atoms with E-state index in [1.165, 1.54) is 0 Å². The Labute approximate surface area is 207 Å². The monoisotopic (exact) mass is 485 g/mol. The minimum absolute atomic E-state index is 0.0122. The number of halogens is 1. The molecule has 4 aromatic rings. The molecule has 1 aliphatic carbocycles. The number of rotatable bonds is 4. The van der Waals surface area contributed by atoms with Crippen molar-refractivity contribution in [2.45, 2.75) is 38.8 Å². The van der Waals surface area contributed by atoms with E-state index in [1.54, 1.807) is 6.20 Å². The maximum Gasteiger partial charge on any atom is 0.230 e. The number of hydrogen-bond acceptors (Lipinski definition) is 5. The third kappa shape index (κ3) is 4.03. The molecule has 176 valence electrons. The van der Waals surface area contributed by atoms with Gasteiger partial charge in [-0.25, -0.2) is 9.67 Å². The van der Waals surface area contributed by atoms with Crippen molar-refractivity contribution < 1.29 is 9.53 Å². The number of nitrogens with one attached hydrogen (secondary N) is 1. The summed E-state index contributed by atoms with van der Waals surface area (Å²) in [6.45, 7) is 2.86. The van der Waals surface area contributed by atoms with Crippen molar-refractivity contribution in [2.75, 3.05) is 11.9 Å². The van der Waals surface area contributed by atoms with Crippen LogP contribution < -0.4 is 5.32 Å². The highest BCUT2D eigenvalue weighted by Crippen LogP contribution is 2.39. The Balaban J connectivity index is 1.35. The van der Waals surface area contributed by atoms with Crippen LogP contribution in [0.5, 0.6) is 0 Å². The van der Waals surface area contributed by atoms with Gasteiger partial charge in [0.15, 0.2) is 6.23 Å². The maximum absolute atomic E-state index is 12.4. The number of pyridine rings is 1. The van der Waals surface area contributed by atoms with Gasteiger partial charge in [-0.05, 0) is 85.0 Å². The number of aryl methyl sites for hydroxylation is 1. The van der Waals surface area contributed by atoms with E-state index < -0.39 is 0 Å². The van der Waals surface area contributed by atoms with Crippen molar-refractivity contribution in [1.29, 1.82) is 5.26 Å². The molecule has 1 aliphatic heterocycles. The molecule has 1 amide bonds. The average molecular weight is 486 g/mol. The van der Waals surface area contributed by atoms with Gasteiger partial charge in [0.1, 0.15) is 5.82 Å². The van der Waals surface area contributed by atoms with E-state index >= 15 is 0 Å². The van der Waals surface area contributed by atoms with Crippen molar-refractivity contribution in [3.63, 3.8) is 0 Å². The predicted molar refractivity (Wildman–Crippen MR) is 135 cm³/mol. The summed E-state index contributed by atoms with van der Waals surface area (Å²) in [4.78, 5) is 16.7. The summed E-state index contributed by atoms with van der Waals surface area (Å²) in [5.41, 5.74) is 4.24. The van der Waals surface area contributed by atoms with Crippen molar-refractivity contribution in [1.82, 2.24) is 14.8 Å². The molecule has 35 heavy (non-hydrogen) atoms. The molecule has 2 aromatic carbocycles. The fraction of sp³-hybridized carbons (Fsp3) is 0.333. The van der Waals surface area contributed by atoms with E-state index in [9.17, 15) is 4.79 Å². The van der Waals surface area contributed by atoms with Gasteiger partial charge in [0.25, 0.3) is 0 Å². The topological polar surface area (TPSA) is 92.8 Å². The van der Waals surface area contributed by atoms with E-state index in [-0.39, 0.29) is 24.0 Å². The highest BCUT2D eigenvalue weighted by molar-refractivity contribution is 6.36. The molecule has 2 aliphatic rings. The number of carbonyl (C=O) groups is 1. The minimum atomic E-state index is -0.248. The fourth-order valence-corrected chi connectivity index (χ4v) is 5.21. The number of nitrogens with zero attached hydrogens (tertiary/aromatic N) is 4. The molecule has 3 atom stereocenters. The lowest BCUT2D eigenvalue weighted by Crippen LogP contribution is -2.18. The van der Waals surface area contributed by atoms with Crippen LogP contribution in [0.1, 0.15) is 37.5 Å². The zero-order valence-electron chi connectivity index (χ0n) is 19.3. The minimum Gasteiger partial charge on any atom is -0.356 e. The van der Waals surface area contributed by atoms with E-state index in [1.807, 2.05) is 23.0 Å². The van der Waals surface area contributed by atoms with Crippen LogP contribution >= 0.6 is 11.6 Å². The van der Waals surface area contributed by atoms with E-state index in [2.05, 4.69) is 46.6 Å². The lowest BCUT2D eigenvalue weighted by molar-refractivity contribution is -0.117. The van der Waals surface area contributed by atoms with Crippen LogP contribution in [0.4, 0.5) is 5.82 Å². The van der Waals surface area contributed by atoms with Crippen molar-refractivity contribution in [3.05, 3.63) is 53.3 Å². The first kappa shape index (κ1) is 22.0. The molecule has 1 N–H and O–H groups in total. The first-order valence-corrected chi connectivity index (χ1v) is 12.3. The van der Waals surface area contributed by atoms with Crippen LogP contribution in [0.2, 0.25) is 5.02 Å². The Kier molecular flexibility index (Phi) is 5.43. The van der Waals surface area contributed by atoms with Crippen molar-refractivity contribution >= 4 is 45.0 Å². The van der Waals surface area contributed by atoms with Crippen LogP contribution in [-0.4, -0.2) is 27.3 Å². The average Bonchev–Trinajstić information content (AvgIpc) is 3.56. The summed E-state index contributed by atoms with van der Waals surface area (Å²) in [7, 11) is 0. The zero-order valence-corrected chi connectivity index (χ0v) is 20.0. The quantitative estimate of drug-likeness (QED) is 0.382. The van der Waals surface area contributed by atoms with Crippen LogP contribution in [0.15, 0.2) is 42.7 Å². The van der Waals surface area contributed by atoms with Gasteiger partial charge in [-0.15, -0.1) is 0 Å². The van der Waals surface area contributed by atoms with Crippen LogP contribution in [0.25, 0.3) is 32.8 Å². The number of amides is 1. The standard InChI is InChI=1S/C27H24ClN5O2/c1-15-6-24-19(13-31-33(24)26-4-2-3-5-35-26)9-20(15)16-7-17-11-25(30-14-22(17)23(28)10-16)32-27(34)21-8-18(21)12-29/h6-7,9-11,13-14,18,21,26H,2-5,8H2,1H3,(H,30,32,34)/t18-,21+,26?/m0/s1. The molecule has 6 rings (SSSR count). The molecule has 1 saturated heterocycles. The number of nitriles is 1. The molecule has 0 spiro atoms. The Hall–Kier alpha value is -3.47. The largest absolute Gasteiger partial charge is 0.356 e. The summed E-state index contributed by atoms with van der Waals surface area (Å²) in [6.07, 6.45) is 7.39. The van der Waals surface area contributed by atoms with Gasteiger partial charge >= 0.3 is 0 Å². The molecule has 2 aromatic heterocycles. The van der Waals surface area contributed by atoms with E-state index in [0.717, 1.165) is 64.2 Å². The van der Waals surface area contributed by atoms with Gasteiger partial charge in [0.05, 0.1) is 34.6 Å². The second-order valence-electron chi connectivity index (χ2n) is 9.45. The molecule has 1 unspecified atom stereocenters. The second kappa shape index (κ2) is 8.63. The van der Waals surface area contributed by atoms with E-state index in [4.69, 9.17) is 21.6 Å². The summed E-state index contributed by atoms with van der Waals surface area (Å²) in [5.74, 6) is -0.142. The molecule has 3 heterocycles. The number of carbonyl (C=O) groups excluding carboxylic acids is 1. The third-order valence-electron chi connectivity index (χ3n) is 7.01. The maximum atomic E-state index is 12.4. The smallest absolute Gasteiger partial charge is 0.230 e. The van der Waals surface area contributed by atoms with E-state index in [0.29, 0.717) is 17.3 Å². The number of anilines is 1. The Morgan fingerprint density at radius 2 is 2.09 bits per heavy atom. The van der Waals surface area contributed by atoms with Crippen LogP contribution in [0.3, 0.4) is 0 Å². The van der Waals surface area contributed by atoms with Gasteiger partial charge in [-0.3, -0.25) is 4.79 Å². The highest BCUT2D eigenvalue weighted by atomic mass is 35.5. The molecular weight excluding hydrogens is 462 g/mol. The molecular formula is C27H24ClN5O2. The number of benzene rings is 2. The molecule has 0 bridgehead atoms. The van der Waals surface area contributed by atoms with Crippen molar-refractivity contribution in [2.24, 2.45) is 11.8 Å². The second-order valence-corrected chi connectivity index (χ2v) is 9.86. The zero-order chi connectivity index (χ0) is 24.1. The fourth-order valence-electron chi connectivity index (χ4n) is 4.94. The molecule has 8 heteroatoms. The third-order valence-corrected chi connectivity index (χ3v) is 7.32. The summed E-state index contributed by atoms with van der Waals surface area (Å²) >= 11 is 6.65. The SMILES string of the molecule is Cc1cc2c(cnn2C2CCCCO2)cc1-c1cc(Cl)c2cnc(NC(=O)[C@@H]3C[C@H]3C#N)cc2c1. The summed E-state index contributed by atoms with van der Waals surface area (Å²) in [5, 5.41) is 19.8. The number of aromatic nitrogens is 3.